The molecule has 2 atom stereocenters. The van der Waals surface area contributed by atoms with Gasteiger partial charge in [-0.3, -0.25) is 9.59 Å². The van der Waals surface area contributed by atoms with Crippen LogP contribution in [0.4, 0.5) is 0 Å². The molecular formula is C14H16O3. The van der Waals surface area contributed by atoms with E-state index in [-0.39, 0.29) is 17.7 Å². The number of hydrogen-bond donors (Lipinski definition) is 0. The van der Waals surface area contributed by atoms with Gasteiger partial charge < -0.3 is 4.74 Å². The van der Waals surface area contributed by atoms with Gasteiger partial charge in [-0.1, -0.05) is 30.3 Å². The van der Waals surface area contributed by atoms with Gasteiger partial charge in [0.05, 0.1) is 0 Å². The zero-order chi connectivity index (χ0) is 12.3. The van der Waals surface area contributed by atoms with E-state index in [4.69, 9.17) is 4.74 Å². The molecule has 1 aliphatic rings. The monoisotopic (exact) mass is 232 g/mol. The number of ether oxygens (including phenoxy) is 1. The average molecular weight is 232 g/mol. The van der Waals surface area contributed by atoms with Crippen LogP contribution in [0.1, 0.15) is 37.7 Å². The average Bonchev–Trinajstić information content (AvgIpc) is 2.32. The lowest BCUT2D eigenvalue weighted by molar-refractivity contribution is -0.156. The zero-order valence-corrected chi connectivity index (χ0v) is 9.89. The van der Waals surface area contributed by atoms with E-state index in [2.05, 4.69) is 0 Å². The highest BCUT2D eigenvalue weighted by atomic mass is 16.5. The van der Waals surface area contributed by atoms with E-state index in [9.17, 15) is 9.59 Å². The summed E-state index contributed by atoms with van der Waals surface area (Å²) in [6, 6.07) is 9.80. The van der Waals surface area contributed by atoms with Crippen LogP contribution in [0.5, 0.6) is 0 Å². The van der Waals surface area contributed by atoms with Crippen molar-refractivity contribution in [2.75, 3.05) is 0 Å². The van der Waals surface area contributed by atoms with E-state index in [1.54, 1.807) is 0 Å². The van der Waals surface area contributed by atoms with Gasteiger partial charge in [0.15, 0.2) is 11.9 Å². The minimum atomic E-state index is -0.594. The number of benzene rings is 1. The Morgan fingerprint density at radius 2 is 2.00 bits per heavy atom. The van der Waals surface area contributed by atoms with E-state index < -0.39 is 6.10 Å². The summed E-state index contributed by atoms with van der Waals surface area (Å²) in [6.07, 6.45) is 1.69. The van der Waals surface area contributed by atoms with E-state index in [0.29, 0.717) is 6.42 Å². The maximum absolute atomic E-state index is 11.8. The third-order valence-electron chi connectivity index (χ3n) is 3.14. The Bertz CT molecular complexity index is 411. The molecule has 0 spiro atoms. The van der Waals surface area contributed by atoms with Gasteiger partial charge in [-0.2, -0.15) is 0 Å². The first-order valence-electron chi connectivity index (χ1n) is 5.93. The van der Waals surface area contributed by atoms with Crippen molar-refractivity contribution in [2.45, 2.75) is 38.2 Å². The molecule has 0 heterocycles. The second-order valence-electron chi connectivity index (χ2n) is 4.41. The third kappa shape index (κ3) is 2.73. The summed E-state index contributed by atoms with van der Waals surface area (Å²) < 4.78 is 5.18. The Labute approximate surface area is 101 Å². The molecule has 3 heteroatoms. The summed E-state index contributed by atoms with van der Waals surface area (Å²) >= 11 is 0. The molecule has 0 saturated heterocycles. The summed E-state index contributed by atoms with van der Waals surface area (Å²) in [5.74, 6) is -0.326. The molecule has 1 saturated carbocycles. The van der Waals surface area contributed by atoms with E-state index in [1.807, 2.05) is 30.3 Å². The van der Waals surface area contributed by atoms with Gasteiger partial charge in [-0.15, -0.1) is 0 Å². The van der Waals surface area contributed by atoms with Crippen molar-refractivity contribution in [3.63, 3.8) is 0 Å². The smallest absolute Gasteiger partial charge is 0.303 e. The molecule has 0 aliphatic heterocycles. The van der Waals surface area contributed by atoms with Crippen LogP contribution >= 0.6 is 0 Å². The first kappa shape index (κ1) is 11.8. The van der Waals surface area contributed by atoms with Gasteiger partial charge in [-0.05, 0) is 18.4 Å². The number of hydrogen-bond acceptors (Lipinski definition) is 3. The predicted octanol–water partition coefficient (Wildman–Crippen LogP) is 2.45. The SMILES string of the molecule is CC(=O)O[C@@H]1C(=O)CCC[C@H]1c1ccccc1. The Hall–Kier alpha value is -1.64. The molecular weight excluding hydrogens is 216 g/mol. The van der Waals surface area contributed by atoms with Crippen molar-refractivity contribution in [3.8, 4) is 0 Å². The summed E-state index contributed by atoms with van der Waals surface area (Å²) in [5.41, 5.74) is 1.08. The van der Waals surface area contributed by atoms with Crippen molar-refractivity contribution in [2.24, 2.45) is 0 Å². The fourth-order valence-corrected chi connectivity index (χ4v) is 2.38. The number of rotatable bonds is 2. The molecule has 0 radical (unpaired) electrons. The molecule has 0 bridgehead atoms. The quantitative estimate of drug-likeness (QED) is 0.736. The van der Waals surface area contributed by atoms with Gasteiger partial charge in [-0.25, -0.2) is 0 Å². The number of ketones is 1. The highest BCUT2D eigenvalue weighted by Gasteiger charge is 2.35. The Morgan fingerprint density at radius 3 is 2.65 bits per heavy atom. The topological polar surface area (TPSA) is 43.4 Å². The molecule has 1 aromatic rings. The number of Topliss-reactive ketones (excluding diaryl/α,β-unsaturated/α-hetero) is 1. The Kier molecular flexibility index (Phi) is 3.57. The summed E-state index contributed by atoms with van der Waals surface area (Å²) in [6.45, 7) is 1.35. The van der Waals surface area contributed by atoms with Crippen molar-refractivity contribution in [1.29, 1.82) is 0 Å². The van der Waals surface area contributed by atoms with E-state index in [0.717, 1.165) is 18.4 Å². The fourth-order valence-electron chi connectivity index (χ4n) is 2.38. The molecule has 0 amide bonds. The molecule has 3 nitrogen and oxygen atoms in total. The first-order valence-corrected chi connectivity index (χ1v) is 5.93. The maximum Gasteiger partial charge on any atom is 0.303 e. The van der Waals surface area contributed by atoms with Gasteiger partial charge in [0.2, 0.25) is 0 Å². The summed E-state index contributed by atoms with van der Waals surface area (Å²) in [5, 5.41) is 0. The standard InChI is InChI=1S/C14H16O3/c1-10(15)17-14-12(8-5-9-13(14)16)11-6-3-2-4-7-11/h2-4,6-7,12,14H,5,8-9H2,1H3/t12-,14-/m0/s1. The largest absolute Gasteiger partial charge is 0.454 e. The summed E-state index contributed by atoms with van der Waals surface area (Å²) in [7, 11) is 0. The molecule has 0 aromatic heterocycles. The van der Waals surface area contributed by atoms with Crippen molar-refractivity contribution in [1.82, 2.24) is 0 Å². The minimum absolute atomic E-state index is 0.0151. The van der Waals surface area contributed by atoms with Crippen LogP contribution < -0.4 is 0 Å². The predicted molar refractivity (Wildman–Crippen MR) is 63.6 cm³/mol. The molecule has 1 aromatic carbocycles. The fraction of sp³-hybridized carbons (Fsp3) is 0.429. The van der Waals surface area contributed by atoms with Gasteiger partial charge in [0.1, 0.15) is 0 Å². The zero-order valence-electron chi connectivity index (χ0n) is 9.89. The van der Waals surface area contributed by atoms with Gasteiger partial charge in [0, 0.05) is 19.3 Å². The lowest BCUT2D eigenvalue weighted by Crippen LogP contribution is -2.36. The molecule has 1 fully saturated rings. The van der Waals surface area contributed by atoms with E-state index >= 15 is 0 Å². The highest BCUT2D eigenvalue weighted by Crippen LogP contribution is 2.33. The summed E-state index contributed by atoms with van der Waals surface area (Å²) in [4.78, 5) is 22.9. The lowest BCUT2D eigenvalue weighted by atomic mass is 9.81. The van der Waals surface area contributed by atoms with Crippen LogP contribution in [0.2, 0.25) is 0 Å². The molecule has 0 N–H and O–H groups in total. The van der Waals surface area contributed by atoms with Crippen LogP contribution in [0.25, 0.3) is 0 Å². The maximum atomic E-state index is 11.8. The number of carbonyl (C=O) groups is 2. The van der Waals surface area contributed by atoms with Crippen LogP contribution in [-0.2, 0) is 14.3 Å². The molecule has 17 heavy (non-hydrogen) atoms. The molecule has 0 unspecified atom stereocenters. The minimum Gasteiger partial charge on any atom is -0.454 e. The highest BCUT2D eigenvalue weighted by molar-refractivity contribution is 5.87. The number of esters is 1. The molecule has 90 valence electrons. The van der Waals surface area contributed by atoms with Gasteiger partial charge >= 0.3 is 5.97 Å². The van der Waals surface area contributed by atoms with Crippen molar-refractivity contribution in [3.05, 3.63) is 35.9 Å². The van der Waals surface area contributed by atoms with Crippen molar-refractivity contribution >= 4 is 11.8 Å². The molecule has 2 rings (SSSR count). The second kappa shape index (κ2) is 5.13. The second-order valence-corrected chi connectivity index (χ2v) is 4.41. The van der Waals surface area contributed by atoms with Crippen LogP contribution in [-0.4, -0.2) is 17.9 Å². The van der Waals surface area contributed by atoms with Crippen LogP contribution in [0.3, 0.4) is 0 Å². The molecule has 1 aliphatic carbocycles. The van der Waals surface area contributed by atoms with Crippen LogP contribution in [0, 0.1) is 0 Å². The third-order valence-corrected chi connectivity index (χ3v) is 3.14. The normalized spacial score (nSPS) is 24.4. The van der Waals surface area contributed by atoms with Gasteiger partial charge in [0.25, 0.3) is 0 Å². The Morgan fingerprint density at radius 1 is 1.29 bits per heavy atom. The Balaban J connectivity index is 2.23. The van der Waals surface area contributed by atoms with Crippen molar-refractivity contribution < 1.29 is 14.3 Å². The number of carbonyl (C=O) groups excluding carboxylic acids is 2. The first-order chi connectivity index (χ1) is 8.18. The lowest BCUT2D eigenvalue weighted by Gasteiger charge is -2.29. The van der Waals surface area contributed by atoms with Crippen LogP contribution in [0.15, 0.2) is 30.3 Å². The van der Waals surface area contributed by atoms with E-state index in [1.165, 1.54) is 6.92 Å².